The summed E-state index contributed by atoms with van der Waals surface area (Å²) in [5.74, 6) is 0. The molecule has 4 N–H and O–H groups in total. The molecule has 0 saturated heterocycles. The first kappa shape index (κ1) is 27.0. The Kier molecular flexibility index (Phi) is 7.00. The van der Waals surface area contributed by atoms with Crippen LogP contribution in [0.15, 0.2) is 76.7 Å². The highest BCUT2D eigenvalue weighted by Crippen LogP contribution is 2.42. The van der Waals surface area contributed by atoms with Gasteiger partial charge >= 0.3 is 0 Å². The lowest BCUT2D eigenvalue weighted by Crippen LogP contribution is -2.27. The van der Waals surface area contributed by atoms with Crippen molar-refractivity contribution in [3.8, 4) is 33.6 Å². The molecule has 0 aliphatic heterocycles. The average Bonchev–Trinajstić information content (AvgIpc) is 3.58. The highest BCUT2D eigenvalue weighted by molar-refractivity contribution is 6.39. The fourth-order valence-electron chi connectivity index (χ4n) is 5.08. The van der Waals surface area contributed by atoms with Gasteiger partial charge in [-0.15, -0.1) is 0 Å². The summed E-state index contributed by atoms with van der Waals surface area (Å²) in [6, 6.07) is 14.6. The third-order valence-electron chi connectivity index (χ3n) is 7.10. The highest BCUT2D eigenvalue weighted by atomic mass is 35.5. The van der Waals surface area contributed by atoms with Crippen LogP contribution in [0.1, 0.15) is 5.69 Å². The summed E-state index contributed by atoms with van der Waals surface area (Å²) in [7, 11) is 0. The largest absolute Gasteiger partial charge is 0.329 e. The van der Waals surface area contributed by atoms with Crippen molar-refractivity contribution in [2.75, 3.05) is 13.1 Å². The maximum Gasteiger partial charge on any atom is 0.276 e. The number of fused-ring (bicyclic) bond motifs is 2. The first-order chi connectivity index (χ1) is 19.8. The molecule has 41 heavy (non-hydrogen) atoms. The molecule has 0 radical (unpaired) electrons. The predicted molar refractivity (Wildman–Crippen MR) is 162 cm³/mol. The maximum atomic E-state index is 13.1. The van der Waals surface area contributed by atoms with E-state index in [2.05, 4.69) is 10.2 Å². The molecule has 6 aromatic rings. The van der Waals surface area contributed by atoms with E-state index in [-0.39, 0.29) is 11.1 Å². The highest BCUT2D eigenvalue weighted by Gasteiger charge is 2.19. The van der Waals surface area contributed by atoms with E-state index < -0.39 is 0 Å². The van der Waals surface area contributed by atoms with Crippen molar-refractivity contribution < 1.29 is 0 Å². The molecule has 0 saturated carbocycles. The van der Waals surface area contributed by atoms with Crippen molar-refractivity contribution >= 4 is 34.2 Å². The molecule has 0 spiro atoms. The summed E-state index contributed by atoms with van der Waals surface area (Å²) in [5.41, 5.74) is 16.4. The van der Waals surface area contributed by atoms with Gasteiger partial charge in [-0.05, 0) is 19.1 Å². The summed E-state index contributed by atoms with van der Waals surface area (Å²) in [5, 5.41) is 10.1. The van der Waals surface area contributed by atoms with Gasteiger partial charge < -0.3 is 20.6 Å². The Balaban J connectivity index is 1.45. The number of nitrogens with zero attached hydrogens (tertiary/aromatic N) is 6. The van der Waals surface area contributed by atoms with Gasteiger partial charge in [0.15, 0.2) is 0 Å². The summed E-state index contributed by atoms with van der Waals surface area (Å²) in [4.78, 5) is 25.9. The standard InChI is InChI=1S/C29H26Cl2N8O2/c1-17-16-39-25(29(41)37(17)11-9-33)15-23(35-39)21-7-3-5-19(27(21)31)18-4-2-6-20(26(18)30)22-14-24-28(40)36(10-8-32)12-13-38(24)34-22/h2-7,12-16H,8-11,32-33H2,1H3. The molecular weight excluding hydrogens is 563 g/mol. The second kappa shape index (κ2) is 10.6. The lowest BCUT2D eigenvalue weighted by atomic mass is 9.98. The Morgan fingerprint density at radius 2 is 1.27 bits per heavy atom. The number of benzene rings is 2. The predicted octanol–water partition coefficient (Wildman–Crippen LogP) is 3.84. The van der Waals surface area contributed by atoms with Crippen molar-refractivity contribution in [3.05, 3.63) is 104 Å². The van der Waals surface area contributed by atoms with Gasteiger partial charge in [-0.3, -0.25) is 9.59 Å². The number of hydrogen-bond acceptors (Lipinski definition) is 6. The van der Waals surface area contributed by atoms with Gasteiger partial charge in [0.25, 0.3) is 11.1 Å². The number of rotatable bonds is 7. The summed E-state index contributed by atoms with van der Waals surface area (Å²) >= 11 is 13.9. The van der Waals surface area contributed by atoms with E-state index in [1.807, 2.05) is 43.3 Å². The van der Waals surface area contributed by atoms with E-state index in [0.717, 1.165) is 5.69 Å². The minimum absolute atomic E-state index is 0.167. The van der Waals surface area contributed by atoms with Crippen LogP contribution < -0.4 is 22.6 Å². The first-order valence-electron chi connectivity index (χ1n) is 13.0. The molecule has 208 valence electrons. The van der Waals surface area contributed by atoms with Crippen LogP contribution >= 0.6 is 23.2 Å². The summed E-state index contributed by atoms with van der Waals surface area (Å²) < 4.78 is 6.30. The fraction of sp³-hybridized carbons (Fsp3) is 0.172. The average molecular weight is 589 g/mol. The zero-order chi connectivity index (χ0) is 28.8. The smallest absolute Gasteiger partial charge is 0.276 e. The SMILES string of the molecule is Cc1cn2nc(-c3cccc(-c4cccc(-c5cc6c(=O)n(CCN)ccn6n5)c4Cl)c3Cl)cc2c(=O)n1CCN. The van der Waals surface area contributed by atoms with E-state index in [1.54, 1.807) is 44.4 Å². The van der Waals surface area contributed by atoms with E-state index in [9.17, 15) is 9.59 Å². The molecule has 0 bridgehead atoms. The van der Waals surface area contributed by atoms with E-state index in [0.29, 0.717) is 80.9 Å². The minimum atomic E-state index is -0.183. The molecule has 6 rings (SSSR count). The van der Waals surface area contributed by atoms with E-state index in [1.165, 1.54) is 4.52 Å². The van der Waals surface area contributed by atoms with Gasteiger partial charge in [0, 0.05) is 72.7 Å². The molecule has 0 aliphatic rings. The number of hydrogen-bond donors (Lipinski definition) is 2. The first-order valence-corrected chi connectivity index (χ1v) is 13.7. The van der Waals surface area contributed by atoms with Crippen LogP contribution in [-0.4, -0.2) is 41.5 Å². The molecule has 10 nitrogen and oxygen atoms in total. The number of aryl methyl sites for hydroxylation is 1. The van der Waals surface area contributed by atoms with Crippen molar-refractivity contribution in [2.45, 2.75) is 20.0 Å². The number of halogens is 2. The van der Waals surface area contributed by atoms with Crippen LogP contribution in [0.25, 0.3) is 44.7 Å². The van der Waals surface area contributed by atoms with Gasteiger partial charge in [0.2, 0.25) is 0 Å². The second-order valence-electron chi connectivity index (χ2n) is 9.65. The molecule has 4 aromatic heterocycles. The monoisotopic (exact) mass is 588 g/mol. The van der Waals surface area contributed by atoms with Gasteiger partial charge in [0.1, 0.15) is 11.0 Å². The Morgan fingerprint density at radius 1 is 0.732 bits per heavy atom. The molecular formula is C29H26Cl2N8O2. The van der Waals surface area contributed by atoms with Crippen LogP contribution in [0, 0.1) is 6.92 Å². The minimum Gasteiger partial charge on any atom is -0.329 e. The zero-order valence-corrected chi connectivity index (χ0v) is 23.6. The molecule has 0 fully saturated rings. The molecule has 0 aliphatic carbocycles. The quantitative estimate of drug-likeness (QED) is 0.291. The molecule has 0 atom stereocenters. The topological polar surface area (TPSA) is 131 Å². The van der Waals surface area contributed by atoms with Gasteiger partial charge in [-0.1, -0.05) is 59.6 Å². The lowest BCUT2D eigenvalue weighted by Gasteiger charge is -2.12. The van der Waals surface area contributed by atoms with Crippen LogP contribution in [0.2, 0.25) is 10.0 Å². The molecule has 12 heteroatoms. The van der Waals surface area contributed by atoms with Gasteiger partial charge in [-0.25, -0.2) is 9.03 Å². The van der Waals surface area contributed by atoms with Crippen molar-refractivity contribution in [1.29, 1.82) is 0 Å². The van der Waals surface area contributed by atoms with Crippen LogP contribution in [0.3, 0.4) is 0 Å². The van der Waals surface area contributed by atoms with Crippen molar-refractivity contribution in [2.24, 2.45) is 11.5 Å². The number of nitrogens with two attached hydrogens (primary N) is 2. The lowest BCUT2D eigenvalue weighted by molar-refractivity contribution is 0.651. The molecule has 2 aromatic carbocycles. The molecule has 4 heterocycles. The molecule has 0 amide bonds. The van der Waals surface area contributed by atoms with E-state index in [4.69, 9.17) is 34.7 Å². The van der Waals surface area contributed by atoms with Gasteiger partial charge in [-0.2, -0.15) is 10.2 Å². The van der Waals surface area contributed by atoms with E-state index >= 15 is 0 Å². The Hall–Kier alpha value is -4.22. The Morgan fingerprint density at radius 3 is 1.85 bits per heavy atom. The fourth-order valence-corrected chi connectivity index (χ4v) is 5.73. The third kappa shape index (κ3) is 4.54. The second-order valence-corrected chi connectivity index (χ2v) is 10.4. The van der Waals surface area contributed by atoms with Crippen LogP contribution in [0.4, 0.5) is 0 Å². The van der Waals surface area contributed by atoms with Gasteiger partial charge in [0.05, 0.1) is 21.4 Å². The zero-order valence-electron chi connectivity index (χ0n) is 22.1. The Bertz CT molecular complexity index is 2070. The van der Waals surface area contributed by atoms with Crippen LogP contribution in [0.5, 0.6) is 0 Å². The Labute approximate surface area is 244 Å². The third-order valence-corrected chi connectivity index (χ3v) is 7.92. The summed E-state index contributed by atoms with van der Waals surface area (Å²) in [6.45, 7) is 3.39. The summed E-state index contributed by atoms with van der Waals surface area (Å²) in [6.07, 6.45) is 5.18. The number of aromatic nitrogens is 6. The van der Waals surface area contributed by atoms with Crippen molar-refractivity contribution in [1.82, 2.24) is 28.4 Å². The van der Waals surface area contributed by atoms with Crippen molar-refractivity contribution in [3.63, 3.8) is 0 Å². The molecule has 0 unspecified atom stereocenters. The van der Waals surface area contributed by atoms with Crippen LogP contribution in [-0.2, 0) is 13.1 Å². The normalized spacial score (nSPS) is 11.6. The maximum absolute atomic E-state index is 13.1.